The van der Waals surface area contributed by atoms with E-state index in [4.69, 9.17) is 9.47 Å². The second kappa shape index (κ2) is 13.9. The van der Waals surface area contributed by atoms with Gasteiger partial charge in [0.2, 0.25) is 5.91 Å². The molecule has 1 saturated heterocycles. The van der Waals surface area contributed by atoms with Crippen LogP contribution in [0.4, 0.5) is 10.5 Å². The van der Waals surface area contributed by atoms with Crippen LogP contribution in [0.3, 0.4) is 0 Å². The van der Waals surface area contributed by atoms with Crippen molar-refractivity contribution in [2.24, 2.45) is 11.0 Å². The predicted molar refractivity (Wildman–Crippen MR) is 171 cm³/mol. The fraction of sp³-hybridized carbons (Fsp3) is 0.194. The minimum Gasteiger partial charge on any atom is -0.457 e. The first kappa shape index (κ1) is 30.3. The van der Waals surface area contributed by atoms with Gasteiger partial charge < -0.3 is 19.7 Å². The van der Waals surface area contributed by atoms with E-state index in [1.807, 2.05) is 72.8 Å². The van der Waals surface area contributed by atoms with E-state index in [9.17, 15) is 19.2 Å². The summed E-state index contributed by atoms with van der Waals surface area (Å²) >= 11 is 0. The Labute approximate surface area is 266 Å². The molecule has 2 atom stereocenters. The summed E-state index contributed by atoms with van der Waals surface area (Å²) in [6, 6.07) is 31.4. The lowest BCUT2D eigenvalue weighted by molar-refractivity contribution is -0.142. The minimum absolute atomic E-state index is 0.0539. The summed E-state index contributed by atoms with van der Waals surface area (Å²) in [5, 5.41) is 6.83. The number of esters is 1. The number of carbonyl (C=O) groups excluding carboxylic acids is 4. The van der Waals surface area contributed by atoms with Gasteiger partial charge in [-0.15, -0.1) is 0 Å². The summed E-state index contributed by atoms with van der Waals surface area (Å²) in [7, 11) is 0. The maximum atomic E-state index is 13.5. The highest BCUT2D eigenvalue weighted by Gasteiger charge is 2.45. The number of carbonyl (C=O) groups is 4. The number of nitrogens with one attached hydrogen (secondary N) is 2. The molecule has 0 saturated carbocycles. The lowest BCUT2D eigenvalue weighted by Crippen LogP contribution is -2.36. The topological polar surface area (TPSA) is 126 Å². The van der Waals surface area contributed by atoms with E-state index in [0.29, 0.717) is 36.3 Å². The van der Waals surface area contributed by atoms with Gasteiger partial charge in [-0.3, -0.25) is 14.4 Å². The molecule has 3 amide bonds. The van der Waals surface area contributed by atoms with Gasteiger partial charge in [0.15, 0.2) is 0 Å². The van der Waals surface area contributed by atoms with Crippen LogP contribution in [0.25, 0.3) is 0 Å². The largest absolute Gasteiger partial charge is 0.457 e. The Hall–Kier alpha value is -5.77. The van der Waals surface area contributed by atoms with Crippen LogP contribution in [0.15, 0.2) is 108 Å². The Morgan fingerprint density at radius 3 is 2.37 bits per heavy atom. The number of amides is 3. The zero-order valence-electron chi connectivity index (χ0n) is 24.9. The van der Waals surface area contributed by atoms with Gasteiger partial charge in [-0.1, -0.05) is 78.9 Å². The maximum Gasteiger partial charge on any atom is 0.428 e. The highest BCUT2D eigenvalue weighted by Crippen LogP contribution is 2.41. The van der Waals surface area contributed by atoms with Crippen LogP contribution in [-0.4, -0.2) is 41.5 Å². The van der Waals surface area contributed by atoms with E-state index in [2.05, 4.69) is 15.8 Å². The monoisotopic (exact) mass is 616 g/mol. The summed E-state index contributed by atoms with van der Waals surface area (Å²) < 4.78 is 10.7. The Kier molecular flexibility index (Phi) is 9.14. The summed E-state index contributed by atoms with van der Waals surface area (Å²) in [5.74, 6) is -1.37. The van der Waals surface area contributed by atoms with Gasteiger partial charge in [0.1, 0.15) is 12.7 Å². The molecule has 0 bridgehead atoms. The van der Waals surface area contributed by atoms with Crippen molar-refractivity contribution in [3.8, 4) is 0 Å². The van der Waals surface area contributed by atoms with Gasteiger partial charge in [-0.25, -0.2) is 10.2 Å². The van der Waals surface area contributed by atoms with E-state index in [0.717, 1.165) is 22.3 Å². The number of rotatable bonds is 9. The number of nitrogens with zero attached hydrogens (tertiary/aromatic N) is 2. The number of hydrogen-bond donors (Lipinski definition) is 2. The normalized spacial score (nSPS) is 17.1. The van der Waals surface area contributed by atoms with Crippen LogP contribution < -0.4 is 10.7 Å². The van der Waals surface area contributed by atoms with Crippen molar-refractivity contribution in [1.82, 2.24) is 10.3 Å². The van der Waals surface area contributed by atoms with Gasteiger partial charge in [-0.05, 0) is 58.5 Å². The molecular weight excluding hydrogens is 584 g/mol. The molecule has 4 aromatic rings. The second-order valence-corrected chi connectivity index (χ2v) is 11.1. The molecule has 46 heavy (non-hydrogen) atoms. The number of anilines is 1. The highest BCUT2D eigenvalue weighted by atomic mass is 16.6. The Balaban J connectivity index is 1.08. The lowest BCUT2D eigenvalue weighted by atomic mass is 9.93. The quantitative estimate of drug-likeness (QED) is 0.148. The average molecular weight is 617 g/mol. The molecule has 10 nitrogen and oxygen atoms in total. The molecule has 2 unspecified atom stereocenters. The van der Waals surface area contributed by atoms with E-state index in [-0.39, 0.29) is 30.8 Å². The summed E-state index contributed by atoms with van der Waals surface area (Å²) in [6.45, 7) is 0.975. The fourth-order valence-electron chi connectivity index (χ4n) is 5.61. The van der Waals surface area contributed by atoms with E-state index < -0.39 is 18.1 Å². The van der Waals surface area contributed by atoms with E-state index in [1.54, 1.807) is 35.2 Å². The Bertz CT molecular complexity index is 1760. The van der Waals surface area contributed by atoms with Crippen molar-refractivity contribution in [2.45, 2.75) is 32.1 Å². The van der Waals surface area contributed by atoms with Gasteiger partial charge in [0.25, 0.3) is 5.91 Å². The van der Waals surface area contributed by atoms with Crippen molar-refractivity contribution < 1.29 is 28.7 Å². The molecule has 2 aliphatic rings. The molecule has 0 aromatic heterocycles. The molecule has 0 spiro atoms. The van der Waals surface area contributed by atoms with Crippen molar-refractivity contribution in [1.29, 1.82) is 0 Å². The molecule has 2 heterocycles. The zero-order chi connectivity index (χ0) is 31.9. The zero-order valence-corrected chi connectivity index (χ0v) is 24.9. The molecular formula is C36H32N4O6. The maximum absolute atomic E-state index is 13.5. The first-order valence-electron chi connectivity index (χ1n) is 15.0. The Morgan fingerprint density at radius 1 is 0.913 bits per heavy atom. The molecule has 4 aromatic carbocycles. The third-order valence-electron chi connectivity index (χ3n) is 7.98. The van der Waals surface area contributed by atoms with Gasteiger partial charge in [-0.2, -0.15) is 5.10 Å². The smallest absolute Gasteiger partial charge is 0.428 e. The van der Waals surface area contributed by atoms with Crippen LogP contribution in [0, 0.1) is 5.92 Å². The molecule has 10 heteroatoms. The van der Waals surface area contributed by atoms with Crippen molar-refractivity contribution in [2.75, 3.05) is 11.9 Å². The van der Waals surface area contributed by atoms with Crippen molar-refractivity contribution >= 4 is 35.8 Å². The molecule has 0 aliphatic carbocycles. The second-order valence-electron chi connectivity index (χ2n) is 11.1. The van der Waals surface area contributed by atoms with Crippen LogP contribution >= 0.6 is 0 Å². The molecule has 2 N–H and O–H groups in total. The number of hydrogen-bond acceptors (Lipinski definition) is 7. The van der Waals surface area contributed by atoms with E-state index in [1.165, 1.54) is 6.21 Å². The van der Waals surface area contributed by atoms with Gasteiger partial charge in [0, 0.05) is 24.3 Å². The Morgan fingerprint density at radius 2 is 1.63 bits per heavy atom. The predicted octanol–water partition coefficient (Wildman–Crippen LogP) is 5.39. The SMILES string of the molecule is O=C1CC2C(=O)N(CCc3ccccc3)Cc3cc(NC(=O)c4ccc(C=NNC(=O)OCc5ccccc5)cc4)ccc3C2O1. The van der Waals surface area contributed by atoms with Crippen LogP contribution in [0.5, 0.6) is 0 Å². The molecule has 0 radical (unpaired) electrons. The molecule has 232 valence electrons. The summed E-state index contributed by atoms with van der Waals surface area (Å²) in [5.41, 5.74) is 7.56. The average Bonchev–Trinajstić information content (AvgIpc) is 3.43. The molecule has 2 aliphatic heterocycles. The van der Waals surface area contributed by atoms with Crippen LogP contribution in [0.1, 0.15) is 50.7 Å². The summed E-state index contributed by atoms with van der Waals surface area (Å²) in [4.78, 5) is 52.5. The minimum atomic E-state index is -0.679. The first-order chi connectivity index (χ1) is 22.4. The number of ether oxygens (including phenoxy) is 2. The van der Waals surface area contributed by atoms with E-state index >= 15 is 0 Å². The third kappa shape index (κ3) is 7.29. The lowest BCUT2D eigenvalue weighted by Gasteiger charge is -2.23. The molecule has 1 fully saturated rings. The number of benzene rings is 4. The van der Waals surface area contributed by atoms with Crippen LogP contribution in [0.2, 0.25) is 0 Å². The first-order valence-corrected chi connectivity index (χ1v) is 15.0. The fourth-order valence-corrected chi connectivity index (χ4v) is 5.61. The van der Waals surface area contributed by atoms with Crippen molar-refractivity contribution in [3.05, 3.63) is 137 Å². The van der Waals surface area contributed by atoms with Crippen LogP contribution in [-0.2, 0) is 38.6 Å². The highest BCUT2D eigenvalue weighted by molar-refractivity contribution is 6.04. The van der Waals surface area contributed by atoms with Gasteiger partial charge >= 0.3 is 12.1 Å². The van der Waals surface area contributed by atoms with Crippen molar-refractivity contribution in [3.63, 3.8) is 0 Å². The number of hydrazone groups is 1. The number of fused-ring (bicyclic) bond motifs is 3. The molecule has 6 rings (SSSR count). The summed E-state index contributed by atoms with van der Waals surface area (Å²) in [6.07, 6.45) is 0.863. The van der Waals surface area contributed by atoms with Gasteiger partial charge in [0.05, 0.1) is 18.6 Å². The third-order valence-corrected chi connectivity index (χ3v) is 7.98. The standard InChI is InChI=1S/C36H32N4O6/c41-32-20-31-33(46-32)30-16-15-29(19-28(30)22-40(35(31)43)18-17-24-7-3-1-4-8-24)38-34(42)27-13-11-25(12-14-27)21-37-39-36(44)45-23-26-9-5-2-6-10-26/h1-16,19,21,31,33H,17-18,20,22-23H2,(H,38,42)(H,39,44).